The number of fused-ring (bicyclic) bond motifs is 2. The maximum atomic E-state index is 4.77. The number of para-hydroxylation sites is 1. The van der Waals surface area contributed by atoms with Crippen molar-refractivity contribution in [1.82, 2.24) is 25.4 Å². The van der Waals surface area contributed by atoms with Gasteiger partial charge in [-0.05, 0) is 50.3 Å². The normalized spacial score (nSPS) is 16.3. The van der Waals surface area contributed by atoms with E-state index in [2.05, 4.69) is 69.6 Å². The molecule has 4 rings (SSSR count). The molecule has 7 heteroatoms. The highest BCUT2D eigenvalue weighted by atomic mass is 127. The number of nitrogens with one attached hydrogen (secondary N) is 2. The third kappa shape index (κ3) is 5.11. The molecule has 1 aliphatic carbocycles. The van der Waals surface area contributed by atoms with Crippen LogP contribution in [0, 0.1) is 0 Å². The lowest BCUT2D eigenvalue weighted by molar-refractivity contribution is 0.499. The summed E-state index contributed by atoms with van der Waals surface area (Å²) < 4.78 is 2.08. The number of guanidine groups is 1. The molecular formula is C23H31IN6. The van der Waals surface area contributed by atoms with Crippen molar-refractivity contribution in [3.63, 3.8) is 0 Å². The van der Waals surface area contributed by atoms with Crippen LogP contribution in [0.4, 0.5) is 0 Å². The Morgan fingerprint density at radius 2 is 2.10 bits per heavy atom. The summed E-state index contributed by atoms with van der Waals surface area (Å²) in [5.41, 5.74) is 4.95. The molecule has 2 aromatic heterocycles. The first-order valence-electron chi connectivity index (χ1n) is 10.5. The molecule has 6 nitrogen and oxygen atoms in total. The smallest absolute Gasteiger partial charge is 0.191 e. The standard InChI is InChI=1S/C23H30N6.HI/c1-16(2)29-15-19-9-10-20(14-21(19)28-29)27-23(24-3)26-13-11-18-7-4-6-17-8-5-12-25-22(17)18;/h4-8,12,15-16,20H,9-11,13-14H2,1-3H3,(H2,24,26,27);1H. The minimum atomic E-state index is 0. The molecule has 0 saturated heterocycles. The molecule has 0 spiro atoms. The maximum absolute atomic E-state index is 4.77. The predicted molar refractivity (Wildman–Crippen MR) is 134 cm³/mol. The van der Waals surface area contributed by atoms with E-state index in [0.29, 0.717) is 12.1 Å². The fraction of sp³-hybridized carbons (Fsp3) is 0.435. The molecule has 0 fully saturated rings. The number of aryl methyl sites for hydroxylation is 1. The molecule has 2 heterocycles. The van der Waals surface area contributed by atoms with E-state index in [-0.39, 0.29) is 24.0 Å². The van der Waals surface area contributed by atoms with Crippen molar-refractivity contribution >= 4 is 40.8 Å². The lowest BCUT2D eigenvalue weighted by Gasteiger charge is -2.24. The molecule has 2 N–H and O–H groups in total. The van der Waals surface area contributed by atoms with Crippen molar-refractivity contribution in [3.05, 3.63) is 59.5 Å². The van der Waals surface area contributed by atoms with E-state index in [4.69, 9.17) is 5.10 Å². The van der Waals surface area contributed by atoms with Crippen LogP contribution in [0.5, 0.6) is 0 Å². The van der Waals surface area contributed by atoms with Crippen LogP contribution in [-0.4, -0.2) is 40.4 Å². The maximum Gasteiger partial charge on any atom is 0.191 e. The van der Waals surface area contributed by atoms with Gasteiger partial charge in [-0.15, -0.1) is 24.0 Å². The van der Waals surface area contributed by atoms with Crippen molar-refractivity contribution in [2.24, 2.45) is 4.99 Å². The lowest BCUT2D eigenvalue weighted by Crippen LogP contribution is -2.46. The fourth-order valence-corrected chi connectivity index (χ4v) is 3.97. The molecule has 0 bridgehead atoms. The van der Waals surface area contributed by atoms with Crippen LogP contribution >= 0.6 is 24.0 Å². The second-order valence-electron chi connectivity index (χ2n) is 8.00. The average molecular weight is 518 g/mol. The van der Waals surface area contributed by atoms with Crippen LogP contribution in [-0.2, 0) is 19.3 Å². The first-order chi connectivity index (χ1) is 14.1. The highest BCUT2D eigenvalue weighted by Crippen LogP contribution is 2.22. The van der Waals surface area contributed by atoms with Crippen molar-refractivity contribution < 1.29 is 0 Å². The summed E-state index contributed by atoms with van der Waals surface area (Å²) in [5.74, 6) is 0.856. The van der Waals surface area contributed by atoms with Gasteiger partial charge in [0, 0.05) is 49.9 Å². The van der Waals surface area contributed by atoms with E-state index in [1.54, 1.807) is 0 Å². The van der Waals surface area contributed by atoms with Crippen molar-refractivity contribution in [1.29, 1.82) is 0 Å². The highest BCUT2D eigenvalue weighted by Gasteiger charge is 2.23. The Labute approximate surface area is 195 Å². The Balaban J connectivity index is 0.00000256. The molecule has 1 aliphatic rings. The van der Waals surface area contributed by atoms with Gasteiger partial charge in [0.05, 0.1) is 11.2 Å². The van der Waals surface area contributed by atoms with Gasteiger partial charge in [-0.25, -0.2) is 0 Å². The zero-order valence-electron chi connectivity index (χ0n) is 17.9. The molecule has 0 aliphatic heterocycles. The summed E-state index contributed by atoms with van der Waals surface area (Å²) in [5, 5.41) is 13.0. The lowest BCUT2D eigenvalue weighted by atomic mass is 9.94. The SMILES string of the molecule is CN=C(NCCc1cccc2cccnc12)NC1CCc2cn(C(C)C)nc2C1.I. The Hall–Kier alpha value is -2.16. The Kier molecular flexibility index (Phi) is 7.69. The van der Waals surface area contributed by atoms with Gasteiger partial charge in [-0.1, -0.05) is 24.3 Å². The quantitative estimate of drug-likeness (QED) is 0.306. The first kappa shape index (κ1) is 22.5. The zero-order valence-corrected chi connectivity index (χ0v) is 20.3. The molecule has 1 aromatic carbocycles. The van der Waals surface area contributed by atoms with E-state index in [1.165, 1.54) is 22.2 Å². The third-order valence-corrected chi connectivity index (χ3v) is 5.59. The van der Waals surface area contributed by atoms with Gasteiger partial charge in [0.25, 0.3) is 0 Å². The summed E-state index contributed by atoms with van der Waals surface area (Å²) >= 11 is 0. The summed E-state index contributed by atoms with van der Waals surface area (Å²) in [6.07, 6.45) is 8.09. The van der Waals surface area contributed by atoms with Crippen LogP contribution in [0.15, 0.2) is 47.7 Å². The third-order valence-electron chi connectivity index (χ3n) is 5.59. The van der Waals surface area contributed by atoms with Crippen molar-refractivity contribution in [2.75, 3.05) is 13.6 Å². The molecule has 160 valence electrons. The number of aromatic nitrogens is 3. The summed E-state index contributed by atoms with van der Waals surface area (Å²) in [6, 6.07) is 11.2. The van der Waals surface area contributed by atoms with Crippen LogP contribution in [0.2, 0.25) is 0 Å². The number of pyridine rings is 1. The summed E-state index contributed by atoms with van der Waals surface area (Å²) in [6.45, 7) is 5.16. The van der Waals surface area contributed by atoms with Crippen molar-refractivity contribution in [3.8, 4) is 0 Å². The van der Waals surface area contributed by atoms with E-state index in [0.717, 1.165) is 43.7 Å². The Morgan fingerprint density at radius 3 is 2.90 bits per heavy atom. The van der Waals surface area contributed by atoms with Crippen LogP contribution in [0.3, 0.4) is 0 Å². The molecule has 3 aromatic rings. The molecule has 30 heavy (non-hydrogen) atoms. The number of benzene rings is 1. The van der Waals surface area contributed by atoms with Gasteiger partial charge in [-0.2, -0.15) is 5.10 Å². The number of nitrogens with zero attached hydrogens (tertiary/aromatic N) is 4. The van der Waals surface area contributed by atoms with Gasteiger partial charge in [0.15, 0.2) is 5.96 Å². The molecule has 1 atom stereocenters. The summed E-state index contributed by atoms with van der Waals surface area (Å²) in [4.78, 5) is 8.96. The predicted octanol–water partition coefficient (Wildman–Crippen LogP) is 3.90. The molecule has 0 amide bonds. The minimum Gasteiger partial charge on any atom is -0.356 e. The summed E-state index contributed by atoms with van der Waals surface area (Å²) in [7, 11) is 1.83. The molecule has 1 unspecified atom stereocenters. The van der Waals surface area contributed by atoms with Crippen LogP contribution in [0.1, 0.15) is 43.1 Å². The van der Waals surface area contributed by atoms with Gasteiger partial charge in [0.2, 0.25) is 0 Å². The fourth-order valence-electron chi connectivity index (χ4n) is 3.97. The molecule has 0 radical (unpaired) electrons. The number of hydrogen-bond donors (Lipinski definition) is 2. The Bertz CT molecular complexity index is 1000. The van der Waals surface area contributed by atoms with Gasteiger partial charge in [-0.3, -0.25) is 14.7 Å². The van der Waals surface area contributed by atoms with Gasteiger partial charge >= 0.3 is 0 Å². The van der Waals surface area contributed by atoms with E-state index in [9.17, 15) is 0 Å². The number of hydrogen-bond acceptors (Lipinski definition) is 3. The van der Waals surface area contributed by atoms with Gasteiger partial charge < -0.3 is 10.6 Å². The second-order valence-corrected chi connectivity index (χ2v) is 8.00. The van der Waals surface area contributed by atoms with Crippen LogP contribution < -0.4 is 10.6 Å². The monoisotopic (exact) mass is 518 g/mol. The van der Waals surface area contributed by atoms with E-state index < -0.39 is 0 Å². The minimum absolute atomic E-state index is 0. The molecular weight excluding hydrogens is 487 g/mol. The first-order valence-corrected chi connectivity index (χ1v) is 10.5. The Morgan fingerprint density at radius 1 is 1.27 bits per heavy atom. The zero-order chi connectivity index (χ0) is 20.2. The van der Waals surface area contributed by atoms with Crippen LogP contribution in [0.25, 0.3) is 10.9 Å². The topological polar surface area (TPSA) is 67.1 Å². The molecule has 0 saturated carbocycles. The number of rotatable bonds is 5. The largest absolute Gasteiger partial charge is 0.356 e. The number of halogens is 1. The van der Waals surface area contributed by atoms with E-state index >= 15 is 0 Å². The van der Waals surface area contributed by atoms with Gasteiger partial charge in [0.1, 0.15) is 0 Å². The highest BCUT2D eigenvalue weighted by molar-refractivity contribution is 14.0. The van der Waals surface area contributed by atoms with E-state index in [1.807, 2.05) is 19.3 Å². The second kappa shape index (κ2) is 10.2. The number of aliphatic imine (C=N–C) groups is 1. The van der Waals surface area contributed by atoms with Crippen molar-refractivity contribution in [2.45, 2.75) is 51.6 Å². The average Bonchev–Trinajstić information content (AvgIpc) is 3.17.